The number of carbonyl (C=O) groups excluding carboxylic acids is 1. The zero-order chi connectivity index (χ0) is 20.2. The van der Waals surface area contributed by atoms with E-state index in [0.29, 0.717) is 19.8 Å². The molecule has 1 fully saturated rings. The average Bonchev–Trinajstić information content (AvgIpc) is 3.39. The van der Waals surface area contributed by atoms with Crippen molar-refractivity contribution < 1.29 is 9.53 Å². The normalized spacial score (nSPS) is 18.5. The largest absolute Gasteiger partial charge is 0.378 e. The predicted octanol–water partition coefficient (Wildman–Crippen LogP) is 3.67. The van der Waals surface area contributed by atoms with Crippen molar-refractivity contribution in [3.05, 3.63) is 81.8 Å². The van der Waals surface area contributed by atoms with Gasteiger partial charge in [-0.25, -0.2) is 0 Å². The molecule has 29 heavy (non-hydrogen) atoms. The van der Waals surface area contributed by atoms with E-state index < -0.39 is 0 Å². The van der Waals surface area contributed by atoms with E-state index in [2.05, 4.69) is 63.5 Å². The van der Waals surface area contributed by atoms with E-state index in [-0.39, 0.29) is 18.0 Å². The molecule has 1 amide bonds. The van der Waals surface area contributed by atoms with Crippen LogP contribution in [0.1, 0.15) is 33.8 Å². The van der Waals surface area contributed by atoms with E-state index in [0.717, 1.165) is 17.0 Å². The van der Waals surface area contributed by atoms with Crippen LogP contribution < -0.4 is 5.32 Å². The van der Waals surface area contributed by atoms with E-state index in [1.54, 1.807) is 11.3 Å². The van der Waals surface area contributed by atoms with Gasteiger partial charge in [-0.15, -0.1) is 11.3 Å². The maximum Gasteiger partial charge on any atom is 0.234 e. The molecule has 0 radical (unpaired) electrons. The van der Waals surface area contributed by atoms with E-state index >= 15 is 0 Å². The molecule has 2 atom stereocenters. The van der Waals surface area contributed by atoms with Crippen molar-refractivity contribution in [2.24, 2.45) is 7.05 Å². The summed E-state index contributed by atoms with van der Waals surface area (Å²) in [4.78, 5) is 16.4. The Morgan fingerprint density at radius 2 is 2.07 bits per heavy atom. The molecule has 0 bridgehead atoms. The Hall–Kier alpha value is -2.41. The Bertz CT molecular complexity index is 933. The zero-order valence-electron chi connectivity index (χ0n) is 16.9. The number of amides is 1. The fourth-order valence-electron chi connectivity index (χ4n) is 3.84. The van der Waals surface area contributed by atoms with E-state index in [1.165, 1.54) is 11.3 Å². The second-order valence-electron chi connectivity index (χ2n) is 7.53. The number of ether oxygens (including phenoxy) is 1. The van der Waals surface area contributed by atoms with Crippen LogP contribution in [0, 0.1) is 6.92 Å². The van der Waals surface area contributed by atoms with Crippen LogP contribution in [0.15, 0.2) is 60.1 Å². The van der Waals surface area contributed by atoms with Crippen molar-refractivity contribution in [3.8, 4) is 0 Å². The lowest BCUT2D eigenvalue weighted by Gasteiger charge is -2.35. The number of nitrogens with zero attached hydrogens (tertiary/aromatic N) is 2. The highest BCUT2D eigenvalue weighted by Gasteiger charge is 2.29. The maximum atomic E-state index is 13.1. The van der Waals surface area contributed by atoms with Gasteiger partial charge in [0, 0.05) is 30.4 Å². The van der Waals surface area contributed by atoms with Gasteiger partial charge in [0.2, 0.25) is 5.91 Å². The number of carbonyl (C=O) groups is 1. The minimum atomic E-state index is -0.127. The van der Waals surface area contributed by atoms with Gasteiger partial charge in [0.25, 0.3) is 0 Å². The SMILES string of the molecule is Cc1ccc([C@H](NC(=O)CN2CCOC[C@H]2c2cccn2C)c2cccs2)cc1. The van der Waals surface area contributed by atoms with Gasteiger partial charge in [-0.2, -0.15) is 0 Å². The molecule has 0 unspecified atom stereocenters. The van der Waals surface area contributed by atoms with E-state index in [9.17, 15) is 4.79 Å². The number of thiophene rings is 1. The maximum absolute atomic E-state index is 13.1. The number of aromatic nitrogens is 1. The van der Waals surface area contributed by atoms with Crippen molar-refractivity contribution >= 4 is 17.2 Å². The highest BCUT2D eigenvalue weighted by Crippen LogP contribution is 2.27. The number of hydrogen-bond acceptors (Lipinski definition) is 4. The summed E-state index contributed by atoms with van der Waals surface area (Å²) in [6, 6.07) is 16.6. The lowest BCUT2D eigenvalue weighted by Crippen LogP contribution is -2.46. The molecule has 1 saturated heterocycles. The zero-order valence-corrected chi connectivity index (χ0v) is 17.7. The third-order valence-electron chi connectivity index (χ3n) is 5.46. The van der Waals surface area contributed by atoms with Gasteiger partial charge in [-0.3, -0.25) is 9.69 Å². The smallest absolute Gasteiger partial charge is 0.234 e. The highest BCUT2D eigenvalue weighted by atomic mass is 32.1. The van der Waals surface area contributed by atoms with Crippen LogP contribution in [0.4, 0.5) is 0 Å². The van der Waals surface area contributed by atoms with Gasteiger partial charge >= 0.3 is 0 Å². The molecule has 1 aliphatic rings. The van der Waals surface area contributed by atoms with Crippen LogP contribution >= 0.6 is 11.3 Å². The average molecular weight is 410 g/mol. The Morgan fingerprint density at radius 3 is 2.76 bits per heavy atom. The fraction of sp³-hybridized carbons (Fsp3) is 0.348. The molecule has 5 nitrogen and oxygen atoms in total. The molecule has 1 aromatic carbocycles. The molecule has 0 saturated carbocycles. The molecule has 0 aliphatic carbocycles. The van der Waals surface area contributed by atoms with Crippen LogP contribution in [0.2, 0.25) is 0 Å². The number of hydrogen-bond donors (Lipinski definition) is 1. The van der Waals surface area contributed by atoms with Crippen LogP contribution in [-0.4, -0.2) is 41.7 Å². The van der Waals surface area contributed by atoms with Crippen LogP contribution in [0.25, 0.3) is 0 Å². The Labute approximate surface area is 175 Å². The molecule has 1 aliphatic heterocycles. The number of aryl methyl sites for hydroxylation is 2. The number of morpholine rings is 1. The summed E-state index contributed by atoms with van der Waals surface area (Å²) < 4.78 is 7.81. The second kappa shape index (κ2) is 8.95. The van der Waals surface area contributed by atoms with Gasteiger partial charge in [-0.1, -0.05) is 35.9 Å². The van der Waals surface area contributed by atoms with Gasteiger partial charge in [0.05, 0.1) is 31.8 Å². The Balaban J connectivity index is 1.50. The number of benzene rings is 1. The summed E-state index contributed by atoms with van der Waals surface area (Å²) in [6.07, 6.45) is 2.03. The summed E-state index contributed by atoms with van der Waals surface area (Å²) in [5.74, 6) is 0.0325. The molecule has 2 aromatic heterocycles. The lowest BCUT2D eigenvalue weighted by molar-refractivity contribution is -0.125. The predicted molar refractivity (Wildman–Crippen MR) is 116 cm³/mol. The van der Waals surface area contributed by atoms with Crippen molar-refractivity contribution in [2.75, 3.05) is 26.3 Å². The van der Waals surface area contributed by atoms with Crippen molar-refractivity contribution in [1.82, 2.24) is 14.8 Å². The molecule has 152 valence electrons. The summed E-state index contributed by atoms with van der Waals surface area (Å²) in [7, 11) is 2.03. The fourth-order valence-corrected chi connectivity index (χ4v) is 4.65. The molecule has 6 heteroatoms. The summed E-state index contributed by atoms with van der Waals surface area (Å²) in [5, 5.41) is 5.32. The Kier molecular flexibility index (Phi) is 6.13. The second-order valence-corrected chi connectivity index (χ2v) is 8.51. The van der Waals surface area contributed by atoms with Crippen molar-refractivity contribution in [3.63, 3.8) is 0 Å². The first-order valence-corrected chi connectivity index (χ1v) is 10.8. The Morgan fingerprint density at radius 1 is 1.24 bits per heavy atom. The summed E-state index contributed by atoms with van der Waals surface area (Å²) in [6.45, 7) is 4.44. The third-order valence-corrected chi connectivity index (χ3v) is 6.39. The van der Waals surface area contributed by atoms with Crippen molar-refractivity contribution in [2.45, 2.75) is 19.0 Å². The minimum absolute atomic E-state index is 0.0325. The quantitative estimate of drug-likeness (QED) is 0.676. The van der Waals surface area contributed by atoms with Gasteiger partial charge < -0.3 is 14.6 Å². The third kappa shape index (κ3) is 4.61. The van der Waals surface area contributed by atoms with Crippen molar-refractivity contribution in [1.29, 1.82) is 0 Å². The van der Waals surface area contributed by atoms with Crippen LogP contribution in [-0.2, 0) is 16.6 Å². The molecule has 3 aromatic rings. The van der Waals surface area contributed by atoms with Gasteiger partial charge in [-0.05, 0) is 36.1 Å². The molecule has 0 spiro atoms. The van der Waals surface area contributed by atoms with E-state index in [4.69, 9.17) is 4.74 Å². The molecular weight excluding hydrogens is 382 g/mol. The molecule has 4 rings (SSSR count). The summed E-state index contributed by atoms with van der Waals surface area (Å²) >= 11 is 1.67. The molecular formula is C23H27N3O2S. The highest BCUT2D eigenvalue weighted by molar-refractivity contribution is 7.10. The monoisotopic (exact) mass is 409 g/mol. The van der Waals surface area contributed by atoms with Gasteiger partial charge in [0.1, 0.15) is 0 Å². The first-order chi connectivity index (χ1) is 14.1. The lowest BCUT2D eigenvalue weighted by atomic mass is 10.0. The first-order valence-electron chi connectivity index (χ1n) is 9.94. The number of rotatable bonds is 6. The number of nitrogens with one attached hydrogen (secondary N) is 1. The standard InChI is InChI=1S/C23H27N3O2S/c1-17-7-9-18(10-8-17)23(21-6-4-14-29-21)24-22(27)15-26-12-13-28-16-20(26)19-5-3-11-25(19)2/h3-11,14,20,23H,12-13,15-16H2,1-2H3,(H,24,27)/t20-,23-/m0/s1. The van der Waals surface area contributed by atoms with E-state index in [1.807, 2.05) is 25.4 Å². The van der Waals surface area contributed by atoms with Gasteiger partial charge in [0.15, 0.2) is 0 Å². The first kappa shape index (κ1) is 19.9. The molecule has 3 heterocycles. The van der Waals surface area contributed by atoms with Crippen LogP contribution in [0.5, 0.6) is 0 Å². The minimum Gasteiger partial charge on any atom is -0.378 e. The summed E-state index contributed by atoms with van der Waals surface area (Å²) in [5.41, 5.74) is 3.49. The van der Waals surface area contributed by atoms with Crippen LogP contribution in [0.3, 0.4) is 0 Å². The topological polar surface area (TPSA) is 46.5 Å². The molecule has 1 N–H and O–H groups in total.